The molecule has 0 saturated heterocycles. The van der Waals surface area contributed by atoms with Gasteiger partial charge in [-0.1, -0.05) is 30.3 Å². The van der Waals surface area contributed by atoms with Crippen LogP contribution in [-0.2, 0) is 4.79 Å². The Kier molecular flexibility index (Phi) is 6.50. The van der Waals surface area contributed by atoms with Crippen LogP contribution >= 0.6 is 0 Å². The third-order valence-corrected chi connectivity index (χ3v) is 3.25. The smallest absolute Gasteiger partial charge is 0.271 e. The van der Waals surface area contributed by atoms with Crippen LogP contribution in [0.1, 0.15) is 29.8 Å². The third kappa shape index (κ3) is 5.48. The quantitative estimate of drug-likeness (QED) is 0.271. The predicted molar refractivity (Wildman–Crippen MR) is 98.5 cm³/mol. The molecule has 1 amide bonds. The molecule has 0 heterocycles. The lowest BCUT2D eigenvalue weighted by Crippen LogP contribution is -2.17. The molecular weight excluding hydrogens is 332 g/mol. The summed E-state index contributed by atoms with van der Waals surface area (Å²) in [5.74, 6) is -0.953. The Morgan fingerprint density at radius 3 is 2.23 bits per heavy atom. The molecule has 0 aliphatic heterocycles. The van der Waals surface area contributed by atoms with E-state index in [2.05, 4.69) is 20.8 Å². The molecule has 0 aromatic heterocycles. The Morgan fingerprint density at radius 1 is 1.00 bits per heavy atom. The van der Waals surface area contributed by atoms with Gasteiger partial charge in [-0.05, 0) is 36.8 Å². The van der Waals surface area contributed by atoms with Crippen molar-refractivity contribution < 1.29 is 14.7 Å². The number of allylic oxidation sites excluding steroid dienone is 2. The molecular formula is C19H18N4O3. The molecule has 0 fully saturated rings. The highest BCUT2D eigenvalue weighted by Crippen LogP contribution is 2.16. The SMILES string of the molecule is CC(=O)/C(N=Nc1ccc(C(=O)N/N=C/c2ccccc2)cc1)=C(\C)O. The minimum atomic E-state index is -0.388. The van der Waals surface area contributed by atoms with Gasteiger partial charge in [-0.25, -0.2) is 5.43 Å². The maximum atomic E-state index is 12.0. The van der Waals surface area contributed by atoms with Crippen LogP contribution in [0, 0.1) is 0 Å². The molecule has 0 radical (unpaired) electrons. The van der Waals surface area contributed by atoms with Crippen molar-refractivity contribution in [2.45, 2.75) is 13.8 Å². The topological polar surface area (TPSA) is 103 Å². The van der Waals surface area contributed by atoms with Crippen LogP contribution in [0.15, 0.2) is 81.4 Å². The average molecular weight is 350 g/mol. The Bertz CT molecular complexity index is 865. The molecule has 132 valence electrons. The maximum Gasteiger partial charge on any atom is 0.271 e. The monoisotopic (exact) mass is 350 g/mol. The fraction of sp³-hybridized carbons (Fsp3) is 0.105. The van der Waals surface area contributed by atoms with E-state index in [1.54, 1.807) is 30.5 Å². The minimum absolute atomic E-state index is 0.109. The van der Waals surface area contributed by atoms with Gasteiger partial charge in [0.1, 0.15) is 5.76 Å². The zero-order chi connectivity index (χ0) is 18.9. The number of amides is 1. The van der Waals surface area contributed by atoms with Crippen LogP contribution < -0.4 is 5.43 Å². The summed E-state index contributed by atoms with van der Waals surface area (Å²) in [6.45, 7) is 2.65. The fourth-order valence-corrected chi connectivity index (χ4v) is 1.95. The van der Waals surface area contributed by atoms with Crippen LogP contribution in [-0.4, -0.2) is 23.0 Å². The summed E-state index contributed by atoms with van der Waals surface area (Å²) in [7, 11) is 0. The summed E-state index contributed by atoms with van der Waals surface area (Å²) in [4.78, 5) is 23.3. The molecule has 2 aromatic carbocycles. The van der Waals surface area contributed by atoms with E-state index in [-0.39, 0.29) is 23.1 Å². The van der Waals surface area contributed by atoms with Crippen molar-refractivity contribution in [2.24, 2.45) is 15.3 Å². The average Bonchev–Trinajstić information content (AvgIpc) is 2.62. The second-order valence-corrected chi connectivity index (χ2v) is 5.35. The predicted octanol–water partition coefficient (Wildman–Crippen LogP) is 3.91. The molecule has 0 spiro atoms. The number of azo groups is 1. The van der Waals surface area contributed by atoms with Crippen LogP contribution in [0.25, 0.3) is 0 Å². The molecule has 0 atom stereocenters. The lowest BCUT2D eigenvalue weighted by atomic mass is 10.2. The van der Waals surface area contributed by atoms with Gasteiger partial charge in [0.2, 0.25) is 0 Å². The Labute approximate surface area is 150 Å². The van der Waals surface area contributed by atoms with Crippen molar-refractivity contribution in [1.29, 1.82) is 0 Å². The molecule has 7 heteroatoms. The molecule has 0 saturated carbocycles. The molecule has 0 aliphatic carbocycles. The van der Waals surface area contributed by atoms with Gasteiger partial charge < -0.3 is 5.11 Å². The third-order valence-electron chi connectivity index (χ3n) is 3.25. The van der Waals surface area contributed by atoms with Crippen LogP contribution in [0.2, 0.25) is 0 Å². The zero-order valence-electron chi connectivity index (χ0n) is 14.4. The first-order valence-corrected chi connectivity index (χ1v) is 7.78. The number of benzene rings is 2. The lowest BCUT2D eigenvalue weighted by Gasteiger charge is -2.01. The van der Waals surface area contributed by atoms with E-state index in [1.807, 2.05) is 30.3 Å². The number of hydrazone groups is 1. The molecule has 2 rings (SSSR count). The van der Waals surface area contributed by atoms with E-state index in [4.69, 9.17) is 0 Å². The number of nitrogens with one attached hydrogen (secondary N) is 1. The second-order valence-electron chi connectivity index (χ2n) is 5.35. The molecule has 0 aliphatic rings. The zero-order valence-corrected chi connectivity index (χ0v) is 14.4. The number of aliphatic hydroxyl groups excluding tert-OH is 1. The highest BCUT2D eigenvalue weighted by Gasteiger charge is 2.07. The van der Waals surface area contributed by atoms with Crippen LogP contribution in [0.4, 0.5) is 5.69 Å². The van der Waals surface area contributed by atoms with Gasteiger partial charge in [-0.3, -0.25) is 9.59 Å². The first-order chi connectivity index (χ1) is 12.5. The van der Waals surface area contributed by atoms with E-state index < -0.39 is 0 Å². The number of hydrogen-bond acceptors (Lipinski definition) is 6. The number of carbonyl (C=O) groups excluding carboxylic acids is 2. The van der Waals surface area contributed by atoms with Crippen LogP contribution in [0.3, 0.4) is 0 Å². The summed E-state index contributed by atoms with van der Waals surface area (Å²) >= 11 is 0. The minimum Gasteiger partial charge on any atom is -0.510 e. The van der Waals surface area contributed by atoms with E-state index >= 15 is 0 Å². The van der Waals surface area contributed by atoms with E-state index in [0.717, 1.165) is 5.56 Å². The number of Topliss-reactive ketones (excluding diaryl/α,β-unsaturated/α-hetero) is 1. The summed E-state index contributed by atoms with van der Waals surface area (Å²) in [5.41, 5.74) is 4.04. The van der Waals surface area contributed by atoms with Crippen LogP contribution in [0.5, 0.6) is 0 Å². The fourth-order valence-electron chi connectivity index (χ4n) is 1.95. The van der Waals surface area contributed by atoms with Gasteiger partial charge in [0.25, 0.3) is 5.91 Å². The number of carbonyl (C=O) groups is 2. The largest absolute Gasteiger partial charge is 0.510 e. The molecule has 0 bridgehead atoms. The number of ketones is 1. The number of aliphatic hydroxyl groups is 1. The molecule has 2 aromatic rings. The molecule has 7 nitrogen and oxygen atoms in total. The second kappa shape index (κ2) is 9.03. The Balaban J connectivity index is 2.00. The van der Waals surface area contributed by atoms with E-state index in [9.17, 15) is 14.7 Å². The Morgan fingerprint density at radius 2 is 1.65 bits per heavy atom. The molecule has 0 unspecified atom stereocenters. The number of hydrogen-bond donors (Lipinski definition) is 2. The van der Waals surface area contributed by atoms with Crippen molar-refractivity contribution in [3.63, 3.8) is 0 Å². The van der Waals surface area contributed by atoms with Gasteiger partial charge in [0.15, 0.2) is 11.5 Å². The summed E-state index contributed by atoms with van der Waals surface area (Å²) in [5, 5.41) is 20.9. The van der Waals surface area contributed by atoms with Gasteiger partial charge in [-0.15, -0.1) is 5.11 Å². The number of nitrogens with zero attached hydrogens (tertiary/aromatic N) is 3. The van der Waals surface area contributed by atoms with Gasteiger partial charge in [0.05, 0.1) is 11.9 Å². The van der Waals surface area contributed by atoms with Crippen molar-refractivity contribution in [3.8, 4) is 0 Å². The van der Waals surface area contributed by atoms with E-state index in [1.165, 1.54) is 13.8 Å². The summed E-state index contributed by atoms with van der Waals surface area (Å²) in [6.07, 6.45) is 1.55. The van der Waals surface area contributed by atoms with Crippen molar-refractivity contribution in [1.82, 2.24) is 5.43 Å². The normalized spacial score (nSPS) is 12.2. The van der Waals surface area contributed by atoms with Gasteiger partial charge in [-0.2, -0.15) is 10.2 Å². The number of rotatable bonds is 6. The highest BCUT2D eigenvalue weighted by atomic mass is 16.3. The molecule has 2 N–H and O–H groups in total. The summed E-state index contributed by atoms with van der Waals surface area (Å²) in [6, 6.07) is 15.7. The maximum absolute atomic E-state index is 12.0. The first-order valence-electron chi connectivity index (χ1n) is 7.78. The lowest BCUT2D eigenvalue weighted by molar-refractivity contribution is -0.113. The Hall–Kier alpha value is -3.61. The molecule has 26 heavy (non-hydrogen) atoms. The van der Waals surface area contributed by atoms with Gasteiger partial charge >= 0.3 is 0 Å². The van der Waals surface area contributed by atoms with Crippen molar-refractivity contribution in [2.75, 3.05) is 0 Å². The van der Waals surface area contributed by atoms with Gasteiger partial charge in [0, 0.05) is 12.5 Å². The van der Waals surface area contributed by atoms with Crippen molar-refractivity contribution >= 4 is 23.6 Å². The summed E-state index contributed by atoms with van der Waals surface area (Å²) < 4.78 is 0. The standard InChI is InChI=1S/C19H18N4O3/c1-13(24)18(14(2)25)22-21-17-10-8-16(9-11-17)19(26)23-20-12-15-6-4-3-5-7-15/h3-12,24H,1-2H3,(H,23,26)/b18-13-,20-12+,22-21?. The first kappa shape index (κ1) is 18.7. The van der Waals surface area contributed by atoms with Crippen molar-refractivity contribution in [3.05, 3.63) is 77.2 Å². The highest BCUT2D eigenvalue weighted by molar-refractivity contribution is 5.95. The van der Waals surface area contributed by atoms with E-state index in [0.29, 0.717) is 11.3 Å².